The second kappa shape index (κ2) is 5.64. The van der Waals surface area contributed by atoms with Crippen LogP contribution in [0.3, 0.4) is 0 Å². The number of rotatable bonds is 4. The van der Waals surface area contributed by atoms with E-state index in [0.717, 1.165) is 25.1 Å². The molecule has 0 bridgehead atoms. The molecule has 1 heterocycles. The van der Waals surface area contributed by atoms with Gasteiger partial charge < -0.3 is 10.0 Å². The van der Waals surface area contributed by atoms with Crippen LogP contribution in [0.15, 0.2) is 18.2 Å². The summed E-state index contributed by atoms with van der Waals surface area (Å²) in [6.45, 7) is 12.2. The number of likely N-dealkylation sites (tertiary alicyclic amines) is 1. The van der Waals surface area contributed by atoms with Crippen LogP contribution in [0.5, 0.6) is 0 Å². The van der Waals surface area contributed by atoms with Crippen molar-refractivity contribution in [2.24, 2.45) is 5.41 Å². The van der Waals surface area contributed by atoms with Crippen LogP contribution in [0.25, 0.3) is 0 Å². The van der Waals surface area contributed by atoms with Gasteiger partial charge in [-0.2, -0.15) is 0 Å². The van der Waals surface area contributed by atoms with E-state index in [4.69, 9.17) is 0 Å². The Hall–Kier alpha value is -0.860. The van der Waals surface area contributed by atoms with Crippen LogP contribution in [0.1, 0.15) is 49.5 Å². The molecule has 1 aromatic rings. The Morgan fingerprint density at radius 1 is 1.21 bits per heavy atom. The molecule has 2 nitrogen and oxygen atoms in total. The van der Waals surface area contributed by atoms with Crippen LogP contribution in [-0.4, -0.2) is 29.6 Å². The first-order chi connectivity index (χ1) is 8.85. The van der Waals surface area contributed by atoms with Gasteiger partial charge >= 0.3 is 0 Å². The fourth-order valence-electron chi connectivity index (χ4n) is 3.09. The normalized spacial score (nSPS) is 20.7. The van der Waals surface area contributed by atoms with Gasteiger partial charge in [0.05, 0.1) is 6.10 Å². The van der Waals surface area contributed by atoms with E-state index in [-0.39, 0.29) is 6.10 Å². The van der Waals surface area contributed by atoms with Gasteiger partial charge in [0.25, 0.3) is 0 Å². The van der Waals surface area contributed by atoms with Gasteiger partial charge in [-0.1, -0.05) is 43.2 Å². The Bertz CT molecular complexity index is 419. The van der Waals surface area contributed by atoms with Crippen molar-refractivity contribution in [1.29, 1.82) is 0 Å². The minimum absolute atomic E-state index is 0.331. The fraction of sp³-hybridized carbons (Fsp3) is 0.647. The third-order valence-corrected chi connectivity index (χ3v) is 4.10. The highest BCUT2D eigenvalue weighted by molar-refractivity contribution is 5.29. The summed E-state index contributed by atoms with van der Waals surface area (Å²) < 4.78 is 0. The molecule has 106 valence electrons. The van der Waals surface area contributed by atoms with Crippen molar-refractivity contribution < 1.29 is 5.11 Å². The molecule has 19 heavy (non-hydrogen) atoms. The topological polar surface area (TPSA) is 23.5 Å². The molecular weight excluding hydrogens is 234 g/mol. The van der Waals surface area contributed by atoms with Crippen LogP contribution in [0.4, 0.5) is 0 Å². The fourth-order valence-corrected chi connectivity index (χ4v) is 3.09. The quantitative estimate of drug-likeness (QED) is 0.897. The lowest BCUT2D eigenvalue weighted by molar-refractivity contribution is 0.146. The van der Waals surface area contributed by atoms with Gasteiger partial charge in [-0.3, -0.25) is 0 Å². The molecule has 0 saturated carbocycles. The van der Waals surface area contributed by atoms with Gasteiger partial charge in [0.1, 0.15) is 0 Å². The molecule has 0 amide bonds. The Labute approximate surface area is 117 Å². The van der Waals surface area contributed by atoms with Crippen LogP contribution >= 0.6 is 0 Å². The van der Waals surface area contributed by atoms with Gasteiger partial charge in [0.2, 0.25) is 0 Å². The van der Waals surface area contributed by atoms with Crippen LogP contribution in [0, 0.1) is 19.3 Å². The maximum atomic E-state index is 10.3. The average molecular weight is 261 g/mol. The maximum absolute atomic E-state index is 10.3. The maximum Gasteiger partial charge on any atom is 0.0802 e. The summed E-state index contributed by atoms with van der Waals surface area (Å²) >= 11 is 0. The van der Waals surface area contributed by atoms with Crippen molar-refractivity contribution in [3.8, 4) is 0 Å². The highest BCUT2D eigenvalue weighted by Gasteiger charge is 2.28. The average Bonchev–Trinajstić information content (AvgIpc) is 2.64. The lowest BCUT2D eigenvalue weighted by atomic mass is 9.93. The van der Waals surface area contributed by atoms with E-state index < -0.39 is 0 Å². The predicted molar refractivity (Wildman–Crippen MR) is 80.3 cm³/mol. The lowest BCUT2D eigenvalue weighted by Crippen LogP contribution is -2.25. The zero-order chi connectivity index (χ0) is 14.0. The number of benzene rings is 1. The van der Waals surface area contributed by atoms with Crippen molar-refractivity contribution in [2.75, 3.05) is 19.6 Å². The zero-order valence-corrected chi connectivity index (χ0v) is 12.7. The number of aliphatic hydroxyl groups is 1. The molecule has 0 spiro atoms. The molecule has 0 radical (unpaired) electrons. The Kier molecular flexibility index (Phi) is 4.32. The summed E-state index contributed by atoms with van der Waals surface area (Å²) in [6.07, 6.45) is 1.77. The molecule has 1 unspecified atom stereocenters. The number of aliphatic hydroxyl groups excluding tert-OH is 1. The molecule has 1 aromatic carbocycles. The molecule has 1 saturated heterocycles. The first-order valence-electron chi connectivity index (χ1n) is 7.34. The minimum Gasteiger partial charge on any atom is -0.388 e. The van der Waals surface area contributed by atoms with Gasteiger partial charge in [-0.15, -0.1) is 0 Å². The molecule has 0 aromatic heterocycles. The Balaban J connectivity index is 1.89. The number of aryl methyl sites for hydroxylation is 2. The van der Waals surface area contributed by atoms with Crippen LogP contribution in [-0.2, 0) is 0 Å². The molecule has 2 rings (SSSR count). The van der Waals surface area contributed by atoms with E-state index in [1.165, 1.54) is 24.1 Å². The van der Waals surface area contributed by atoms with Crippen molar-refractivity contribution >= 4 is 0 Å². The van der Waals surface area contributed by atoms with Gasteiger partial charge in [-0.25, -0.2) is 0 Å². The van der Waals surface area contributed by atoms with E-state index >= 15 is 0 Å². The third-order valence-electron chi connectivity index (χ3n) is 4.10. The first kappa shape index (κ1) is 14.5. The molecule has 1 aliphatic rings. The Morgan fingerprint density at radius 2 is 1.84 bits per heavy atom. The van der Waals surface area contributed by atoms with E-state index in [9.17, 15) is 5.11 Å². The minimum atomic E-state index is -0.331. The molecule has 1 aliphatic heterocycles. The number of hydrogen-bond acceptors (Lipinski definition) is 2. The molecule has 1 N–H and O–H groups in total. The first-order valence-corrected chi connectivity index (χ1v) is 7.34. The van der Waals surface area contributed by atoms with Crippen LogP contribution < -0.4 is 0 Å². The molecule has 0 aliphatic carbocycles. The zero-order valence-electron chi connectivity index (χ0n) is 12.7. The van der Waals surface area contributed by atoms with Crippen molar-refractivity contribution in [3.63, 3.8) is 0 Å². The van der Waals surface area contributed by atoms with E-state index in [0.29, 0.717) is 5.41 Å². The Morgan fingerprint density at radius 3 is 2.37 bits per heavy atom. The highest BCUT2D eigenvalue weighted by Crippen LogP contribution is 2.29. The van der Waals surface area contributed by atoms with Crippen LogP contribution in [0.2, 0.25) is 0 Å². The molecule has 2 heteroatoms. The van der Waals surface area contributed by atoms with Crippen molar-refractivity contribution in [3.05, 3.63) is 34.9 Å². The SMILES string of the molecule is Cc1cc(C)cc(C(O)CCN2CCC(C)(C)C2)c1. The predicted octanol–water partition coefficient (Wildman–Crippen LogP) is 3.46. The summed E-state index contributed by atoms with van der Waals surface area (Å²) in [5, 5.41) is 10.3. The van der Waals surface area contributed by atoms with Gasteiger partial charge in [0.15, 0.2) is 0 Å². The third kappa shape index (κ3) is 4.05. The summed E-state index contributed by atoms with van der Waals surface area (Å²) in [6, 6.07) is 6.36. The number of nitrogens with zero attached hydrogens (tertiary/aromatic N) is 1. The van der Waals surface area contributed by atoms with E-state index in [1.54, 1.807) is 0 Å². The summed E-state index contributed by atoms with van der Waals surface area (Å²) in [5.41, 5.74) is 3.98. The summed E-state index contributed by atoms with van der Waals surface area (Å²) in [7, 11) is 0. The van der Waals surface area contributed by atoms with Crippen molar-refractivity contribution in [1.82, 2.24) is 4.90 Å². The molecule has 1 fully saturated rings. The standard InChI is InChI=1S/C17H27NO/c1-13-9-14(2)11-15(10-13)16(19)5-7-18-8-6-17(3,4)12-18/h9-11,16,19H,5-8,12H2,1-4H3. The number of hydrogen-bond donors (Lipinski definition) is 1. The van der Waals surface area contributed by atoms with E-state index in [2.05, 4.69) is 50.8 Å². The largest absolute Gasteiger partial charge is 0.388 e. The van der Waals surface area contributed by atoms with Gasteiger partial charge in [0, 0.05) is 13.1 Å². The van der Waals surface area contributed by atoms with Gasteiger partial charge in [-0.05, 0) is 44.2 Å². The van der Waals surface area contributed by atoms with E-state index in [1.807, 2.05) is 0 Å². The summed E-state index contributed by atoms with van der Waals surface area (Å²) in [5.74, 6) is 0. The van der Waals surface area contributed by atoms with Crippen molar-refractivity contribution in [2.45, 2.75) is 46.6 Å². The highest BCUT2D eigenvalue weighted by atomic mass is 16.3. The second-order valence-corrected chi connectivity index (χ2v) is 6.92. The monoisotopic (exact) mass is 261 g/mol. The summed E-state index contributed by atoms with van der Waals surface area (Å²) in [4.78, 5) is 2.48. The molecular formula is C17H27NO. The second-order valence-electron chi connectivity index (χ2n) is 6.92. The lowest BCUT2D eigenvalue weighted by Gasteiger charge is -2.21. The molecule has 1 atom stereocenters. The smallest absolute Gasteiger partial charge is 0.0802 e.